The van der Waals surface area contributed by atoms with Gasteiger partial charge in [-0.05, 0) is 30.3 Å². The first-order valence-electron chi connectivity index (χ1n) is 6.24. The summed E-state index contributed by atoms with van der Waals surface area (Å²) >= 11 is 0. The van der Waals surface area contributed by atoms with Crippen LogP contribution in [0.2, 0.25) is 0 Å². The average Bonchev–Trinajstić information content (AvgIpc) is 2.88. The van der Waals surface area contributed by atoms with Gasteiger partial charge in [0.2, 0.25) is 0 Å². The normalized spacial score (nSPS) is 11.1. The predicted molar refractivity (Wildman–Crippen MR) is 73.9 cm³/mol. The molecule has 5 nitrogen and oxygen atoms in total. The van der Waals surface area contributed by atoms with Crippen LogP contribution in [0.25, 0.3) is 16.8 Å². The van der Waals surface area contributed by atoms with Gasteiger partial charge in [-0.2, -0.15) is 5.10 Å². The molecule has 0 aliphatic heterocycles. The SMILES string of the molecule is NCCn1ccn2nc(-c3ccc(F)cc3)cc2c1=O. The lowest BCUT2D eigenvalue weighted by Gasteiger charge is -2.02. The van der Waals surface area contributed by atoms with Crippen molar-refractivity contribution in [2.75, 3.05) is 6.54 Å². The third-order valence-electron chi connectivity index (χ3n) is 3.11. The van der Waals surface area contributed by atoms with Gasteiger partial charge in [0.15, 0.2) is 0 Å². The largest absolute Gasteiger partial charge is 0.329 e. The van der Waals surface area contributed by atoms with Crippen LogP contribution >= 0.6 is 0 Å². The highest BCUT2D eigenvalue weighted by Gasteiger charge is 2.08. The second kappa shape index (κ2) is 4.90. The molecule has 0 saturated heterocycles. The molecule has 0 aliphatic rings. The highest BCUT2D eigenvalue weighted by molar-refractivity contribution is 5.65. The molecule has 3 aromatic rings. The lowest BCUT2D eigenvalue weighted by Crippen LogP contribution is -2.24. The molecule has 6 heteroatoms. The van der Waals surface area contributed by atoms with Crippen LogP contribution in [0.4, 0.5) is 4.39 Å². The molecular formula is C14H13FN4O. The van der Waals surface area contributed by atoms with Gasteiger partial charge in [-0.3, -0.25) is 4.79 Å². The average molecular weight is 272 g/mol. The molecule has 0 atom stereocenters. The first kappa shape index (κ1) is 12.6. The summed E-state index contributed by atoms with van der Waals surface area (Å²) < 4.78 is 16.0. The van der Waals surface area contributed by atoms with Crippen molar-refractivity contribution in [3.05, 3.63) is 58.9 Å². The maximum atomic E-state index is 12.9. The number of fused-ring (bicyclic) bond motifs is 1. The molecule has 102 valence electrons. The van der Waals surface area contributed by atoms with Crippen LogP contribution < -0.4 is 11.3 Å². The minimum Gasteiger partial charge on any atom is -0.329 e. The number of hydrogen-bond acceptors (Lipinski definition) is 3. The summed E-state index contributed by atoms with van der Waals surface area (Å²) in [5.41, 5.74) is 7.19. The van der Waals surface area contributed by atoms with Crippen molar-refractivity contribution in [1.82, 2.24) is 14.2 Å². The lowest BCUT2D eigenvalue weighted by atomic mass is 10.1. The van der Waals surface area contributed by atoms with Crippen molar-refractivity contribution < 1.29 is 4.39 Å². The molecule has 0 fully saturated rings. The van der Waals surface area contributed by atoms with Crippen LogP contribution in [0.5, 0.6) is 0 Å². The van der Waals surface area contributed by atoms with Crippen LogP contribution in [-0.4, -0.2) is 20.7 Å². The maximum absolute atomic E-state index is 12.9. The van der Waals surface area contributed by atoms with E-state index in [2.05, 4.69) is 5.10 Å². The van der Waals surface area contributed by atoms with E-state index in [4.69, 9.17) is 5.73 Å². The van der Waals surface area contributed by atoms with E-state index < -0.39 is 0 Å². The Hall–Kier alpha value is -2.47. The molecule has 0 spiro atoms. The molecule has 0 radical (unpaired) electrons. The highest BCUT2D eigenvalue weighted by Crippen LogP contribution is 2.18. The Labute approximate surface area is 114 Å². The molecule has 20 heavy (non-hydrogen) atoms. The van der Waals surface area contributed by atoms with Crippen LogP contribution in [0.15, 0.2) is 47.5 Å². The van der Waals surface area contributed by atoms with Gasteiger partial charge >= 0.3 is 0 Å². The first-order chi connectivity index (χ1) is 9.69. The molecule has 2 heterocycles. The van der Waals surface area contributed by atoms with E-state index in [1.807, 2.05) is 0 Å². The van der Waals surface area contributed by atoms with Crippen molar-refractivity contribution >= 4 is 5.52 Å². The molecule has 3 rings (SSSR count). The van der Waals surface area contributed by atoms with Gasteiger partial charge < -0.3 is 10.3 Å². The highest BCUT2D eigenvalue weighted by atomic mass is 19.1. The summed E-state index contributed by atoms with van der Waals surface area (Å²) in [4.78, 5) is 12.2. The Kier molecular flexibility index (Phi) is 3.08. The van der Waals surface area contributed by atoms with E-state index in [-0.39, 0.29) is 11.4 Å². The quantitative estimate of drug-likeness (QED) is 0.780. The number of rotatable bonds is 3. The fraction of sp³-hybridized carbons (Fsp3) is 0.143. The smallest absolute Gasteiger partial charge is 0.276 e. The molecule has 1 aromatic carbocycles. The molecule has 0 saturated carbocycles. The topological polar surface area (TPSA) is 65.3 Å². The van der Waals surface area contributed by atoms with Crippen molar-refractivity contribution in [2.24, 2.45) is 5.73 Å². The second-order valence-electron chi connectivity index (χ2n) is 4.45. The van der Waals surface area contributed by atoms with E-state index in [9.17, 15) is 9.18 Å². The Morgan fingerprint density at radius 3 is 2.65 bits per heavy atom. The number of nitrogens with zero attached hydrogens (tertiary/aromatic N) is 3. The van der Waals surface area contributed by atoms with E-state index in [0.717, 1.165) is 5.56 Å². The van der Waals surface area contributed by atoms with Gasteiger partial charge in [-0.1, -0.05) is 0 Å². The van der Waals surface area contributed by atoms with Crippen LogP contribution in [0, 0.1) is 5.82 Å². The molecule has 2 N–H and O–H groups in total. The number of hydrogen-bond donors (Lipinski definition) is 1. The van der Waals surface area contributed by atoms with Crippen molar-refractivity contribution in [3.8, 4) is 11.3 Å². The third kappa shape index (κ3) is 2.10. The molecule has 0 aliphatic carbocycles. The van der Waals surface area contributed by atoms with Gasteiger partial charge in [0.05, 0.1) is 5.69 Å². The molecule has 0 unspecified atom stereocenters. The number of benzene rings is 1. The number of nitrogens with two attached hydrogens (primary N) is 1. The Balaban J connectivity index is 2.13. The van der Waals surface area contributed by atoms with Gasteiger partial charge in [-0.15, -0.1) is 0 Å². The Morgan fingerprint density at radius 2 is 1.95 bits per heavy atom. The van der Waals surface area contributed by atoms with Crippen molar-refractivity contribution in [2.45, 2.75) is 6.54 Å². The number of aromatic nitrogens is 3. The fourth-order valence-corrected chi connectivity index (χ4v) is 2.10. The molecule has 0 amide bonds. The van der Waals surface area contributed by atoms with Gasteiger partial charge in [0.25, 0.3) is 5.56 Å². The monoisotopic (exact) mass is 272 g/mol. The van der Waals surface area contributed by atoms with Gasteiger partial charge in [0.1, 0.15) is 11.3 Å². The van der Waals surface area contributed by atoms with Crippen molar-refractivity contribution in [3.63, 3.8) is 0 Å². The van der Waals surface area contributed by atoms with Crippen LogP contribution in [-0.2, 0) is 6.54 Å². The van der Waals surface area contributed by atoms with E-state index in [1.54, 1.807) is 35.2 Å². The molecule has 2 aromatic heterocycles. The van der Waals surface area contributed by atoms with E-state index in [0.29, 0.717) is 24.3 Å². The molecular weight excluding hydrogens is 259 g/mol. The molecule has 0 bridgehead atoms. The summed E-state index contributed by atoms with van der Waals surface area (Å²) in [5, 5.41) is 4.32. The van der Waals surface area contributed by atoms with Gasteiger partial charge in [-0.25, -0.2) is 8.91 Å². The predicted octanol–water partition coefficient (Wildman–Crippen LogP) is 1.26. The first-order valence-corrected chi connectivity index (χ1v) is 6.24. The van der Waals surface area contributed by atoms with Gasteiger partial charge in [0, 0.05) is 31.0 Å². The zero-order chi connectivity index (χ0) is 14.1. The summed E-state index contributed by atoms with van der Waals surface area (Å²) in [5.74, 6) is -0.303. The van der Waals surface area contributed by atoms with Crippen LogP contribution in [0.1, 0.15) is 0 Å². The Bertz CT molecular complexity index is 804. The van der Waals surface area contributed by atoms with Crippen LogP contribution in [0.3, 0.4) is 0 Å². The zero-order valence-electron chi connectivity index (χ0n) is 10.7. The minimum absolute atomic E-state index is 0.140. The lowest BCUT2D eigenvalue weighted by molar-refractivity contribution is 0.628. The summed E-state index contributed by atoms with van der Waals surface area (Å²) in [6.07, 6.45) is 3.36. The fourth-order valence-electron chi connectivity index (χ4n) is 2.10. The van der Waals surface area contributed by atoms with E-state index >= 15 is 0 Å². The van der Waals surface area contributed by atoms with E-state index in [1.165, 1.54) is 16.6 Å². The summed E-state index contributed by atoms with van der Waals surface area (Å²) in [7, 11) is 0. The minimum atomic E-state index is -0.303. The Morgan fingerprint density at radius 1 is 1.20 bits per heavy atom. The maximum Gasteiger partial charge on any atom is 0.276 e. The van der Waals surface area contributed by atoms with Crippen molar-refractivity contribution in [1.29, 1.82) is 0 Å². The standard InChI is InChI=1S/C14H13FN4O/c15-11-3-1-10(2-4-11)12-9-13-14(20)18(6-5-16)7-8-19(13)17-12/h1-4,7-9H,5-6,16H2. The third-order valence-corrected chi connectivity index (χ3v) is 3.11. The summed E-state index contributed by atoms with van der Waals surface area (Å²) in [6.45, 7) is 0.863. The second-order valence-corrected chi connectivity index (χ2v) is 4.45. The summed E-state index contributed by atoms with van der Waals surface area (Å²) in [6, 6.07) is 7.70. The number of halogens is 1. The zero-order valence-corrected chi connectivity index (χ0v) is 10.7.